The predicted molar refractivity (Wildman–Crippen MR) is 69.4 cm³/mol. The Morgan fingerprint density at radius 3 is 2.88 bits per heavy atom. The van der Waals surface area contributed by atoms with Gasteiger partial charge in [-0.2, -0.15) is 5.10 Å². The molecule has 0 spiro atoms. The van der Waals surface area contributed by atoms with Gasteiger partial charge < -0.3 is 5.32 Å². The number of rotatable bonds is 2. The standard InChI is InChI=1S/C14H23N3/c1-2-12-14(11-6-8-15-9-7-11)13-5-3-4-10-17(13)16-12/h11,15H,2-10H2,1H3. The summed E-state index contributed by atoms with van der Waals surface area (Å²) in [6.07, 6.45) is 7.61. The highest BCUT2D eigenvalue weighted by atomic mass is 15.3. The lowest BCUT2D eigenvalue weighted by molar-refractivity contribution is 0.446. The number of aryl methyl sites for hydroxylation is 2. The fraction of sp³-hybridized carbons (Fsp3) is 0.786. The number of hydrogen-bond acceptors (Lipinski definition) is 2. The molecular weight excluding hydrogens is 210 g/mol. The Labute approximate surface area is 104 Å². The fourth-order valence-corrected chi connectivity index (χ4v) is 3.41. The topological polar surface area (TPSA) is 29.9 Å². The molecule has 1 aromatic heterocycles. The summed E-state index contributed by atoms with van der Waals surface area (Å²) in [6.45, 7) is 5.75. The van der Waals surface area contributed by atoms with Crippen LogP contribution in [0.15, 0.2) is 0 Å². The summed E-state index contributed by atoms with van der Waals surface area (Å²) in [7, 11) is 0. The summed E-state index contributed by atoms with van der Waals surface area (Å²) in [5, 5.41) is 8.31. The Morgan fingerprint density at radius 2 is 2.12 bits per heavy atom. The Kier molecular flexibility index (Phi) is 3.19. The van der Waals surface area contributed by atoms with Crippen LogP contribution in [0.2, 0.25) is 0 Å². The lowest BCUT2D eigenvalue weighted by atomic mass is 9.86. The summed E-state index contributed by atoms with van der Waals surface area (Å²) in [5.41, 5.74) is 4.59. The molecule has 17 heavy (non-hydrogen) atoms. The molecule has 3 nitrogen and oxygen atoms in total. The summed E-state index contributed by atoms with van der Waals surface area (Å²) in [4.78, 5) is 0. The number of piperidine rings is 1. The first-order valence-corrected chi connectivity index (χ1v) is 7.19. The summed E-state index contributed by atoms with van der Waals surface area (Å²) >= 11 is 0. The zero-order chi connectivity index (χ0) is 11.7. The molecule has 0 bridgehead atoms. The second-order valence-corrected chi connectivity index (χ2v) is 5.37. The zero-order valence-electron chi connectivity index (χ0n) is 10.8. The largest absolute Gasteiger partial charge is 0.317 e. The molecule has 0 saturated carbocycles. The molecule has 3 rings (SSSR count). The maximum Gasteiger partial charge on any atom is 0.0659 e. The van der Waals surface area contributed by atoms with Crippen LogP contribution in [-0.2, 0) is 19.4 Å². The van der Waals surface area contributed by atoms with Gasteiger partial charge in [-0.1, -0.05) is 6.92 Å². The van der Waals surface area contributed by atoms with Gasteiger partial charge in [0.05, 0.1) is 5.69 Å². The van der Waals surface area contributed by atoms with Crippen LogP contribution < -0.4 is 5.32 Å². The van der Waals surface area contributed by atoms with Crippen LogP contribution in [-0.4, -0.2) is 22.9 Å². The normalized spacial score (nSPS) is 21.5. The first-order chi connectivity index (χ1) is 8.40. The zero-order valence-corrected chi connectivity index (χ0v) is 10.8. The van der Waals surface area contributed by atoms with Gasteiger partial charge >= 0.3 is 0 Å². The SMILES string of the molecule is CCc1nn2c(c1C1CCNCC1)CCCC2. The lowest BCUT2D eigenvalue weighted by Gasteiger charge is -2.25. The van der Waals surface area contributed by atoms with Gasteiger partial charge in [0, 0.05) is 12.2 Å². The molecule has 3 heterocycles. The Bertz CT molecular complexity index is 388. The van der Waals surface area contributed by atoms with Crippen LogP contribution in [0.3, 0.4) is 0 Å². The Hall–Kier alpha value is -0.830. The molecule has 0 unspecified atom stereocenters. The van der Waals surface area contributed by atoms with Crippen LogP contribution in [0.1, 0.15) is 55.5 Å². The van der Waals surface area contributed by atoms with Gasteiger partial charge in [-0.25, -0.2) is 0 Å². The quantitative estimate of drug-likeness (QED) is 0.849. The van der Waals surface area contributed by atoms with Crippen molar-refractivity contribution in [2.75, 3.05) is 13.1 Å². The van der Waals surface area contributed by atoms with Crippen LogP contribution in [0, 0.1) is 0 Å². The van der Waals surface area contributed by atoms with Gasteiger partial charge in [-0.3, -0.25) is 4.68 Å². The van der Waals surface area contributed by atoms with Crippen molar-refractivity contribution >= 4 is 0 Å². The molecule has 1 saturated heterocycles. The third-order valence-electron chi connectivity index (χ3n) is 4.29. The monoisotopic (exact) mass is 233 g/mol. The Morgan fingerprint density at radius 1 is 1.29 bits per heavy atom. The van der Waals surface area contributed by atoms with Gasteiger partial charge in [-0.15, -0.1) is 0 Å². The van der Waals surface area contributed by atoms with E-state index in [1.807, 2.05) is 0 Å². The molecule has 0 atom stereocenters. The van der Waals surface area contributed by atoms with Crippen LogP contribution in [0.25, 0.3) is 0 Å². The molecule has 2 aliphatic heterocycles. The second kappa shape index (κ2) is 4.81. The van der Waals surface area contributed by atoms with E-state index in [1.54, 1.807) is 11.3 Å². The number of nitrogens with one attached hydrogen (secondary N) is 1. The van der Waals surface area contributed by atoms with Gasteiger partial charge in [0.1, 0.15) is 0 Å². The molecule has 1 aromatic rings. The first kappa shape index (κ1) is 11.3. The summed E-state index contributed by atoms with van der Waals surface area (Å²) in [6, 6.07) is 0. The molecule has 0 aliphatic carbocycles. The van der Waals surface area contributed by atoms with Crippen molar-refractivity contribution in [1.29, 1.82) is 0 Å². The van der Waals surface area contributed by atoms with E-state index >= 15 is 0 Å². The molecule has 3 heteroatoms. The highest BCUT2D eigenvalue weighted by Gasteiger charge is 2.26. The fourth-order valence-electron chi connectivity index (χ4n) is 3.41. The van der Waals surface area contributed by atoms with E-state index in [1.165, 1.54) is 50.9 Å². The van der Waals surface area contributed by atoms with E-state index in [0.29, 0.717) is 0 Å². The minimum absolute atomic E-state index is 0.771. The van der Waals surface area contributed by atoms with E-state index in [0.717, 1.165) is 18.9 Å². The van der Waals surface area contributed by atoms with E-state index in [4.69, 9.17) is 5.10 Å². The van der Waals surface area contributed by atoms with Crippen molar-refractivity contribution in [1.82, 2.24) is 15.1 Å². The smallest absolute Gasteiger partial charge is 0.0659 e. The van der Waals surface area contributed by atoms with E-state index in [-0.39, 0.29) is 0 Å². The van der Waals surface area contributed by atoms with Gasteiger partial charge in [-0.05, 0) is 63.1 Å². The van der Waals surface area contributed by atoms with Crippen molar-refractivity contribution in [3.63, 3.8) is 0 Å². The summed E-state index contributed by atoms with van der Waals surface area (Å²) in [5.74, 6) is 0.771. The highest BCUT2D eigenvalue weighted by molar-refractivity contribution is 5.32. The predicted octanol–water partition coefficient (Wildman–Crippen LogP) is 2.25. The van der Waals surface area contributed by atoms with E-state index in [2.05, 4.69) is 16.9 Å². The molecule has 0 aromatic carbocycles. The maximum atomic E-state index is 4.84. The van der Waals surface area contributed by atoms with E-state index in [9.17, 15) is 0 Å². The van der Waals surface area contributed by atoms with Crippen molar-refractivity contribution in [2.45, 2.75) is 57.9 Å². The molecule has 94 valence electrons. The number of aromatic nitrogens is 2. The average molecular weight is 233 g/mol. The minimum Gasteiger partial charge on any atom is -0.317 e. The summed E-state index contributed by atoms with van der Waals surface area (Å²) < 4.78 is 2.31. The van der Waals surface area contributed by atoms with Gasteiger partial charge in [0.15, 0.2) is 0 Å². The van der Waals surface area contributed by atoms with Crippen molar-refractivity contribution in [2.24, 2.45) is 0 Å². The van der Waals surface area contributed by atoms with E-state index < -0.39 is 0 Å². The van der Waals surface area contributed by atoms with Crippen LogP contribution >= 0.6 is 0 Å². The maximum absolute atomic E-state index is 4.84. The third-order valence-corrected chi connectivity index (χ3v) is 4.29. The van der Waals surface area contributed by atoms with Crippen molar-refractivity contribution in [3.05, 3.63) is 17.0 Å². The molecule has 1 fully saturated rings. The van der Waals surface area contributed by atoms with Crippen LogP contribution in [0.5, 0.6) is 0 Å². The first-order valence-electron chi connectivity index (χ1n) is 7.19. The van der Waals surface area contributed by atoms with Gasteiger partial charge in [0.25, 0.3) is 0 Å². The second-order valence-electron chi connectivity index (χ2n) is 5.37. The van der Waals surface area contributed by atoms with Gasteiger partial charge in [0.2, 0.25) is 0 Å². The number of nitrogens with zero attached hydrogens (tertiary/aromatic N) is 2. The molecule has 0 radical (unpaired) electrons. The molecule has 0 amide bonds. The number of fused-ring (bicyclic) bond motifs is 1. The molecular formula is C14H23N3. The minimum atomic E-state index is 0.771. The van der Waals surface area contributed by atoms with Crippen LogP contribution in [0.4, 0.5) is 0 Å². The van der Waals surface area contributed by atoms with Crippen molar-refractivity contribution < 1.29 is 0 Å². The average Bonchev–Trinajstić information content (AvgIpc) is 2.78. The third kappa shape index (κ3) is 2.01. The number of hydrogen-bond donors (Lipinski definition) is 1. The van der Waals surface area contributed by atoms with Crippen molar-refractivity contribution in [3.8, 4) is 0 Å². The highest BCUT2D eigenvalue weighted by Crippen LogP contribution is 2.33. The molecule has 2 aliphatic rings. The Balaban J connectivity index is 1.97. The molecule has 1 N–H and O–H groups in total. The lowest BCUT2D eigenvalue weighted by Crippen LogP contribution is -2.27.